The lowest BCUT2D eigenvalue weighted by Crippen LogP contribution is -2.31. The van der Waals surface area contributed by atoms with Crippen molar-refractivity contribution in [3.05, 3.63) is 78.6 Å². The van der Waals surface area contributed by atoms with Crippen LogP contribution in [0.4, 0.5) is 0 Å². The number of imidazole rings is 2. The average molecular weight is 353 g/mol. The summed E-state index contributed by atoms with van der Waals surface area (Å²) in [5.74, 6) is 0.955. The minimum absolute atomic E-state index is 0.955. The van der Waals surface area contributed by atoms with Crippen molar-refractivity contribution in [3.8, 4) is 22.5 Å². The van der Waals surface area contributed by atoms with Gasteiger partial charge in [-0.25, -0.2) is 4.98 Å². The Kier molecular flexibility index (Phi) is 3.41. The number of nitrogens with zero attached hydrogens (tertiary/aromatic N) is 4. The maximum Gasteiger partial charge on any atom is 0.230 e. The minimum Gasteiger partial charge on any atom is -0.308 e. The second kappa shape index (κ2) is 5.81. The van der Waals surface area contributed by atoms with E-state index in [1.54, 1.807) is 0 Å². The normalized spacial score (nSPS) is 11.5. The van der Waals surface area contributed by atoms with Gasteiger partial charge in [-0.15, -0.1) is 0 Å². The number of aryl methyl sites for hydroxylation is 3. The highest BCUT2D eigenvalue weighted by atomic mass is 15.2. The molecule has 132 valence electrons. The lowest BCUT2D eigenvalue weighted by atomic mass is 10.0. The number of hydrogen-bond donors (Lipinski definition) is 0. The van der Waals surface area contributed by atoms with Crippen LogP contribution in [0, 0.1) is 6.92 Å². The molecule has 4 heteroatoms. The van der Waals surface area contributed by atoms with E-state index in [1.807, 2.05) is 6.07 Å². The summed E-state index contributed by atoms with van der Waals surface area (Å²) in [6.45, 7) is 2.18. The van der Waals surface area contributed by atoms with Crippen molar-refractivity contribution in [1.82, 2.24) is 14.0 Å². The van der Waals surface area contributed by atoms with Crippen LogP contribution in [-0.4, -0.2) is 14.0 Å². The van der Waals surface area contributed by atoms with Crippen molar-refractivity contribution < 1.29 is 4.57 Å². The Hall–Kier alpha value is -3.40. The van der Waals surface area contributed by atoms with Gasteiger partial charge in [0.15, 0.2) is 6.20 Å². The first kappa shape index (κ1) is 15.8. The SMILES string of the molecule is Cc1cc(-c2cn3c4ccccc4nc3n2C)[n+](C)cc1-c1ccccc1. The molecule has 0 aliphatic rings. The quantitative estimate of drug-likeness (QED) is 0.435. The van der Waals surface area contributed by atoms with Gasteiger partial charge in [0.05, 0.1) is 11.0 Å². The van der Waals surface area contributed by atoms with E-state index < -0.39 is 0 Å². The van der Waals surface area contributed by atoms with Crippen LogP contribution in [-0.2, 0) is 14.1 Å². The van der Waals surface area contributed by atoms with Gasteiger partial charge in [0, 0.05) is 24.9 Å². The van der Waals surface area contributed by atoms with E-state index in [2.05, 4.69) is 102 Å². The number of fused-ring (bicyclic) bond motifs is 3. The fraction of sp³-hybridized carbons (Fsp3) is 0.130. The summed E-state index contributed by atoms with van der Waals surface area (Å²) >= 11 is 0. The highest BCUT2D eigenvalue weighted by molar-refractivity contribution is 5.81. The number of benzene rings is 2. The fourth-order valence-electron chi connectivity index (χ4n) is 3.87. The predicted octanol–water partition coefficient (Wildman–Crippen LogP) is 4.29. The molecule has 0 saturated heterocycles. The molecule has 0 amide bonds. The summed E-state index contributed by atoms with van der Waals surface area (Å²) in [6, 6.07) is 21.1. The molecule has 3 heterocycles. The van der Waals surface area contributed by atoms with E-state index in [4.69, 9.17) is 4.98 Å². The summed E-state index contributed by atoms with van der Waals surface area (Å²) in [6.07, 6.45) is 4.40. The third-order valence-electron chi connectivity index (χ3n) is 5.32. The molecule has 2 aromatic carbocycles. The molecule has 0 aliphatic heterocycles. The molecule has 0 spiro atoms. The molecule has 0 saturated carbocycles. The number of hydrogen-bond acceptors (Lipinski definition) is 1. The van der Waals surface area contributed by atoms with E-state index in [-0.39, 0.29) is 0 Å². The molecule has 0 bridgehead atoms. The Morgan fingerprint density at radius 1 is 0.963 bits per heavy atom. The Balaban J connectivity index is 1.71. The lowest BCUT2D eigenvalue weighted by molar-refractivity contribution is -0.660. The molecule has 0 aliphatic carbocycles. The van der Waals surface area contributed by atoms with E-state index >= 15 is 0 Å². The molecule has 0 N–H and O–H groups in total. The van der Waals surface area contributed by atoms with Gasteiger partial charge >= 0.3 is 0 Å². The predicted molar refractivity (Wildman–Crippen MR) is 108 cm³/mol. The summed E-state index contributed by atoms with van der Waals surface area (Å²) in [4.78, 5) is 4.79. The zero-order valence-corrected chi connectivity index (χ0v) is 15.7. The maximum atomic E-state index is 4.79. The van der Waals surface area contributed by atoms with Gasteiger partial charge < -0.3 is 4.57 Å². The van der Waals surface area contributed by atoms with Crippen LogP contribution in [0.2, 0.25) is 0 Å². The van der Waals surface area contributed by atoms with Crippen LogP contribution in [0.15, 0.2) is 73.1 Å². The van der Waals surface area contributed by atoms with Gasteiger partial charge in [-0.05, 0) is 30.2 Å². The van der Waals surface area contributed by atoms with E-state index in [9.17, 15) is 0 Å². The van der Waals surface area contributed by atoms with Crippen molar-refractivity contribution in [1.29, 1.82) is 0 Å². The number of para-hydroxylation sites is 2. The minimum atomic E-state index is 0.955. The van der Waals surface area contributed by atoms with Gasteiger partial charge in [-0.3, -0.25) is 4.40 Å². The van der Waals surface area contributed by atoms with Crippen LogP contribution < -0.4 is 4.57 Å². The molecule has 27 heavy (non-hydrogen) atoms. The van der Waals surface area contributed by atoms with Crippen LogP contribution in [0.1, 0.15) is 5.56 Å². The van der Waals surface area contributed by atoms with Gasteiger partial charge in [-0.1, -0.05) is 42.5 Å². The van der Waals surface area contributed by atoms with Crippen molar-refractivity contribution in [3.63, 3.8) is 0 Å². The summed E-state index contributed by atoms with van der Waals surface area (Å²) in [5.41, 5.74) is 8.23. The molecule has 0 radical (unpaired) electrons. The second-order valence-electron chi connectivity index (χ2n) is 7.08. The first-order valence-electron chi connectivity index (χ1n) is 9.12. The highest BCUT2D eigenvalue weighted by Crippen LogP contribution is 2.27. The lowest BCUT2D eigenvalue weighted by Gasteiger charge is -2.08. The smallest absolute Gasteiger partial charge is 0.230 e. The Morgan fingerprint density at radius 2 is 1.70 bits per heavy atom. The van der Waals surface area contributed by atoms with Crippen molar-refractivity contribution in [2.45, 2.75) is 6.92 Å². The number of pyridine rings is 1. The maximum absolute atomic E-state index is 4.79. The van der Waals surface area contributed by atoms with Crippen LogP contribution in [0.5, 0.6) is 0 Å². The molecule has 0 atom stereocenters. The molecular formula is C23H21N4+. The van der Waals surface area contributed by atoms with E-state index in [0.717, 1.165) is 22.5 Å². The molecule has 0 unspecified atom stereocenters. The Morgan fingerprint density at radius 3 is 2.52 bits per heavy atom. The van der Waals surface area contributed by atoms with Crippen molar-refractivity contribution >= 4 is 16.8 Å². The van der Waals surface area contributed by atoms with Crippen LogP contribution in [0.25, 0.3) is 39.3 Å². The summed E-state index contributed by atoms with van der Waals surface area (Å²) in [5, 5.41) is 0. The summed E-state index contributed by atoms with van der Waals surface area (Å²) in [7, 11) is 4.19. The standard InChI is InChI=1S/C23H21N4/c1-16-13-21(25(2)14-18(16)17-9-5-4-6-10-17)22-15-27-20-12-8-7-11-19(20)24-23(27)26(22)3/h4-15H,1-3H3/q+1. The monoisotopic (exact) mass is 353 g/mol. The van der Waals surface area contributed by atoms with E-state index in [1.165, 1.54) is 22.4 Å². The van der Waals surface area contributed by atoms with Crippen LogP contribution >= 0.6 is 0 Å². The molecular weight excluding hydrogens is 332 g/mol. The topological polar surface area (TPSA) is 26.1 Å². The summed E-state index contributed by atoms with van der Waals surface area (Å²) < 4.78 is 6.54. The van der Waals surface area contributed by atoms with Crippen molar-refractivity contribution in [2.24, 2.45) is 14.1 Å². The highest BCUT2D eigenvalue weighted by Gasteiger charge is 2.20. The van der Waals surface area contributed by atoms with Crippen molar-refractivity contribution in [2.75, 3.05) is 0 Å². The average Bonchev–Trinajstić information content (AvgIpc) is 3.21. The molecule has 5 aromatic rings. The largest absolute Gasteiger partial charge is 0.308 e. The Bertz CT molecular complexity index is 1290. The molecule has 5 rings (SSSR count). The van der Waals surface area contributed by atoms with E-state index in [0.29, 0.717) is 0 Å². The van der Waals surface area contributed by atoms with Gasteiger partial charge in [-0.2, -0.15) is 4.57 Å². The number of rotatable bonds is 2. The molecule has 3 aromatic heterocycles. The zero-order valence-electron chi connectivity index (χ0n) is 15.7. The Labute approximate surface area is 158 Å². The number of aromatic nitrogens is 4. The third kappa shape index (κ3) is 2.37. The first-order valence-corrected chi connectivity index (χ1v) is 9.12. The second-order valence-corrected chi connectivity index (χ2v) is 7.08. The third-order valence-corrected chi connectivity index (χ3v) is 5.32. The zero-order chi connectivity index (χ0) is 18.5. The molecule has 0 fully saturated rings. The van der Waals surface area contributed by atoms with Crippen LogP contribution in [0.3, 0.4) is 0 Å². The fourth-order valence-corrected chi connectivity index (χ4v) is 3.87. The van der Waals surface area contributed by atoms with Gasteiger partial charge in [0.2, 0.25) is 11.5 Å². The molecule has 4 nitrogen and oxygen atoms in total. The van der Waals surface area contributed by atoms with Gasteiger partial charge in [0.1, 0.15) is 12.7 Å². The first-order chi connectivity index (χ1) is 13.1. The van der Waals surface area contributed by atoms with Gasteiger partial charge in [0.25, 0.3) is 0 Å².